The van der Waals surface area contributed by atoms with Gasteiger partial charge in [-0.1, -0.05) is 12.1 Å². The van der Waals surface area contributed by atoms with Crippen LogP contribution in [0.4, 0.5) is 0 Å². The topological polar surface area (TPSA) is 103 Å². The summed E-state index contributed by atoms with van der Waals surface area (Å²) in [5, 5.41) is 9.45. The molecule has 0 bridgehead atoms. The first-order chi connectivity index (χ1) is 19.6. The summed E-state index contributed by atoms with van der Waals surface area (Å²) < 4.78 is 14.6. The van der Waals surface area contributed by atoms with E-state index in [9.17, 15) is 9.90 Å². The minimum absolute atomic E-state index is 0.262. The van der Waals surface area contributed by atoms with Crippen LogP contribution in [0.3, 0.4) is 0 Å². The van der Waals surface area contributed by atoms with Crippen molar-refractivity contribution in [2.24, 2.45) is 0 Å². The second-order valence-corrected chi connectivity index (χ2v) is 11.0. The van der Waals surface area contributed by atoms with Crippen LogP contribution in [-0.4, -0.2) is 62.3 Å². The standard InChI is InChI=1S/C30H31N5O4S/c1-38-14-13-35-26-16-22(30(36)37)6-8-24(26)32-28(35)17-34-11-9-21(10-12-34)23-3-2-4-29(33-23)39-18-20-5-7-25-27(15-20)40-19-31-25/h2-8,15-16,19,21H,9-14,17-18H2,1H3,(H,36,37). The summed E-state index contributed by atoms with van der Waals surface area (Å²) in [7, 11) is 1.67. The van der Waals surface area contributed by atoms with Gasteiger partial charge in [0.15, 0.2) is 0 Å². The van der Waals surface area contributed by atoms with Crippen LogP contribution in [0.25, 0.3) is 21.3 Å². The van der Waals surface area contributed by atoms with Crippen LogP contribution in [-0.2, 0) is 24.4 Å². The summed E-state index contributed by atoms with van der Waals surface area (Å²) in [4.78, 5) is 28.0. The summed E-state index contributed by atoms with van der Waals surface area (Å²) in [6.45, 7) is 4.19. The van der Waals surface area contributed by atoms with Gasteiger partial charge in [0.1, 0.15) is 12.4 Å². The molecule has 0 amide bonds. The van der Waals surface area contributed by atoms with Gasteiger partial charge in [-0.3, -0.25) is 4.90 Å². The maximum atomic E-state index is 11.5. The van der Waals surface area contributed by atoms with E-state index in [4.69, 9.17) is 19.4 Å². The van der Waals surface area contributed by atoms with E-state index in [0.29, 0.717) is 38.1 Å². The summed E-state index contributed by atoms with van der Waals surface area (Å²) >= 11 is 1.63. The third-order valence-electron chi connectivity index (χ3n) is 7.49. The van der Waals surface area contributed by atoms with Crippen molar-refractivity contribution in [3.05, 3.63) is 82.8 Å². The lowest BCUT2D eigenvalue weighted by Crippen LogP contribution is -2.33. The van der Waals surface area contributed by atoms with Gasteiger partial charge >= 0.3 is 5.97 Å². The maximum Gasteiger partial charge on any atom is 0.335 e. The smallest absolute Gasteiger partial charge is 0.335 e. The van der Waals surface area contributed by atoms with Crippen LogP contribution in [0, 0.1) is 0 Å². The van der Waals surface area contributed by atoms with E-state index in [1.165, 1.54) is 0 Å². The van der Waals surface area contributed by atoms with Crippen molar-refractivity contribution >= 4 is 38.6 Å². The number of ether oxygens (including phenoxy) is 2. The lowest BCUT2D eigenvalue weighted by molar-refractivity contribution is 0.0697. The summed E-state index contributed by atoms with van der Waals surface area (Å²) in [6.07, 6.45) is 2.00. The number of nitrogens with zero attached hydrogens (tertiary/aromatic N) is 5. The SMILES string of the molecule is COCCn1c(CN2CCC(c3cccc(OCc4ccc5ncsc5c4)n3)CC2)nc2ccc(C(=O)O)cc21. The van der Waals surface area contributed by atoms with E-state index in [0.717, 1.165) is 64.3 Å². The Morgan fingerprint density at radius 3 is 2.75 bits per heavy atom. The van der Waals surface area contributed by atoms with Crippen LogP contribution >= 0.6 is 11.3 Å². The van der Waals surface area contributed by atoms with Gasteiger partial charge in [0.25, 0.3) is 0 Å². The molecule has 5 aromatic rings. The average Bonchev–Trinajstić information content (AvgIpc) is 3.59. The third kappa shape index (κ3) is 5.70. The van der Waals surface area contributed by atoms with Gasteiger partial charge < -0.3 is 19.1 Å². The maximum absolute atomic E-state index is 11.5. The molecule has 206 valence electrons. The number of likely N-dealkylation sites (tertiary alicyclic amines) is 1. The van der Waals surface area contributed by atoms with E-state index < -0.39 is 5.97 Å². The first-order valence-electron chi connectivity index (χ1n) is 13.4. The number of piperidine rings is 1. The summed E-state index contributed by atoms with van der Waals surface area (Å²) in [5.74, 6) is 1.01. The number of fused-ring (bicyclic) bond motifs is 2. The number of aromatic carboxylic acids is 1. The zero-order chi connectivity index (χ0) is 27.5. The largest absolute Gasteiger partial charge is 0.478 e. The average molecular weight is 558 g/mol. The van der Waals surface area contributed by atoms with Gasteiger partial charge in [-0.05, 0) is 67.9 Å². The van der Waals surface area contributed by atoms with E-state index in [1.807, 2.05) is 23.7 Å². The zero-order valence-electron chi connectivity index (χ0n) is 22.3. The Labute approximate surface area is 236 Å². The van der Waals surface area contributed by atoms with Gasteiger partial charge in [0, 0.05) is 31.3 Å². The zero-order valence-corrected chi connectivity index (χ0v) is 23.1. The van der Waals surface area contributed by atoms with E-state index >= 15 is 0 Å². The second kappa shape index (κ2) is 11.7. The van der Waals surface area contributed by atoms with Crippen molar-refractivity contribution in [3.8, 4) is 5.88 Å². The predicted molar refractivity (Wildman–Crippen MR) is 154 cm³/mol. The van der Waals surface area contributed by atoms with Gasteiger partial charge in [0.2, 0.25) is 5.88 Å². The number of hydrogen-bond acceptors (Lipinski definition) is 8. The molecular formula is C30H31N5O4S. The van der Waals surface area contributed by atoms with Gasteiger partial charge in [-0.2, -0.15) is 0 Å². The van der Waals surface area contributed by atoms with Gasteiger partial charge in [-0.15, -0.1) is 11.3 Å². The van der Waals surface area contributed by atoms with Crippen LogP contribution in [0.5, 0.6) is 5.88 Å². The minimum Gasteiger partial charge on any atom is -0.478 e. The molecule has 6 rings (SSSR count). The number of pyridine rings is 1. The van der Waals surface area contributed by atoms with Crippen molar-refractivity contribution in [2.75, 3.05) is 26.8 Å². The fraction of sp³-hybridized carbons (Fsp3) is 0.333. The van der Waals surface area contributed by atoms with Gasteiger partial charge in [-0.25, -0.2) is 19.7 Å². The Morgan fingerprint density at radius 2 is 1.93 bits per heavy atom. The second-order valence-electron chi connectivity index (χ2n) is 10.1. The predicted octanol–water partition coefficient (Wildman–Crippen LogP) is 5.34. The third-order valence-corrected chi connectivity index (χ3v) is 8.28. The van der Waals surface area contributed by atoms with Gasteiger partial charge in [0.05, 0.1) is 45.5 Å². The molecule has 0 unspecified atom stereocenters. The molecule has 0 atom stereocenters. The molecule has 1 N–H and O–H groups in total. The van der Waals surface area contributed by atoms with Crippen LogP contribution in [0.1, 0.15) is 46.2 Å². The highest BCUT2D eigenvalue weighted by Gasteiger charge is 2.24. The first-order valence-corrected chi connectivity index (χ1v) is 14.3. The molecule has 2 aromatic carbocycles. The van der Waals surface area contributed by atoms with Crippen molar-refractivity contribution in [1.82, 2.24) is 24.4 Å². The number of rotatable bonds is 10. The summed E-state index contributed by atoms with van der Waals surface area (Å²) in [5.41, 5.74) is 6.95. The molecular weight excluding hydrogens is 526 g/mol. The lowest BCUT2D eigenvalue weighted by Gasteiger charge is -2.31. The fourth-order valence-electron chi connectivity index (χ4n) is 5.33. The van der Waals surface area contributed by atoms with Crippen molar-refractivity contribution in [2.45, 2.75) is 38.5 Å². The molecule has 0 spiro atoms. The Hall–Kier alpha value is -3.86. The van der Waals surface area contributed by atoms with E-state index in [2.05, 4.69) is 32.7 Å². The molecule has 40 heavy (non-hydrogen) atoms. The molecule has 0 radical (unpaired) electrons. The normalized spacial score (nSPS) is 14.7. The molecule has 4 heterocycles. The van der Waals surface area contributed by atoms with Crippen molar-refractivity contribution in [3.63, 3.8) is 0 Å². The number of carboxylic acid groups (broad SMARTS) is 1. The number of thiazole rings is 1. The molecule has 1 saturated heterocycles. The fourth-order valence-corrected chi connectivity index (χ4v) is 6.07. The number of benzene rings is 2. The Bertz CT molecular complexity index is 1640. The lowest BCUT2D eigenvalue weighted by atomic mass is 9.93. The number of methoxy groups -OCH3 is 1. The molecule has 10 heteroatoms. The van der Waals surface area contributed by atoms with Crippen LogP contribution < -0.4 is 4.74 Å². The molecule has 1 aliphatic heterocycles. The molecule has 1 aliphatic rings. The monoisotopic (exact) mass is 557 g/mol. The molecule has 9 nitrogen and oxygen atoms in total. The van der Waals surface area contributed by atoms with E-state index in [-0.39, 0.29) is 5.56 Å². The Balaban J connectivity index is 1.09. The first kappa shape index (κ1) is 26.4. The number of imidazole rings is 1. The number of hydrogen-bond donors (Lipinski definition) is 1. The Morgan fingerprint density at radius 1 is 1.07 bits per heavy atom. The summed E-state index contributed by atoms with van der Waals surface area (Å²) in [6, 6.07) is 17.4. The number of carboxylic acids is 1. The van der Waals surface area contributed by atoms with Crippen molar-refractivity contribution < 1.29 is 19.4 Å². The van der Waals surface area contributed by atoms with E-state index in [1.54, 1.807) is 36.6 Å². The molecule has 1 fully saturated rings. The number of aromatic nitrogens is 4. The Kier molecular flexibility index (Phi) is 7.72. The highest BCUT2D eigenvalue weighted by Crippen LogP contribution is 2.29. The van der Waals surface area contributed by atoms with Crippen LogP contribution in [0.15, 0.2) is 60.1 Å². The highest BCUT2D eigenvalue weighted by atomic mass is 32.1. The van der Waals surface area contributed by atoms with Crippen molar-refractivity contribution in [1.29, 1.82) is 0 Å². The number of carbonyl (C=O) groups is 1. The quantitative estimate of drug-likeness (QED) is 0.245. The molecule has 0 saturated carbocycles. The van der Waals surface area contributed by atoms with Crippen LogP contribution in [0.2, 0.25) is 0 Å². The molecule has 0 aliphatic carbocycles. The minimum atomic E-state index is -0.939. The molecule has 3 aromatic heterocycles. The highest BCUT2D eigenvalue weighted by molar-refractivity contribution is 7.16.